The second-order valence-electron chi connectivity index (χ2n) is 4.91. The van der Waals surface area contributed by atoms with Crippen molar-refractivity contribution in [1.29, 1.82) is 0 Å². The Labute approximate surface area is 116 Å². The molecule has 1 fully saturated rings. The molecule has 1 saturated carbocycles. The maximum Gasteiger partial charge on any atom is 0.358 e. The lowest BCUT2D eigenvalue weighted by Crippen LogP contribution is -2.43. The van der Waals surface area contributed by atoms with E-state index in [9.17, 15) is 9.59 Å². The smallest absolute Gasteiger partial charge is 0.358 e. The molecule has 1 aromatic rings. The first-order valence-corrected chi connectivity index (χ1v) is 6.83. The molecule has 3 N–H and O–H groups in total. The third kappa shape index (κ3) is 4.22. The number of aromatic carboxylic acids is 1. The SMILES string of the molecule is O=C(NCCn1cc(C(=O)O)nn1)NC1CCCCC1. The number of carboxylic acid groups (broad SMARTS) is 1. The van der Waals surface area contributed by atoms with Crippen LogP contribution in [-0.4, -0.2) is 44.7 Å². The second-order valence-corrected chi connectivity index (χ2v) is 4.91. The molecule has 0 unspecified atom stereocenters. The molecule has 2 rings (SSSR count). The van der Waals surface area contributed by atoms with Gasteiger partial charge in [-0.05, 0) is 12.8 Å². The van der Waals surface area contributed by atoms with Gasteiger partial charge in [0.2, 0.25) is 0 Å². The van der Waals surface area contributed by atoms with Gasteiger partial charge in [-0.1, -0.05) is 24.5 Å². The summed E-state index contributed by atoms with van der Waals surface area (Å²) in [5.74, 6) is -1.11. The minimum atomic E-state index is -1.11. The molecule has 1 aliphatic carbocycles. The summed E-state index contributed by atoms with van der Waals surface area (Å²) in [5, 5.41) is 21.5. The lowest BCUT2D eigenvalue weighted by Gasteiger charge is -2.22. The molecule has 1 aliphatic rings. The van der Waals surface area contributed by atoms with Crippen molar-refractivity contribution in [2.24, 2.45) is 0 Å². The van der Waals surface area contributed by atoms with Crippen LogP contribution in [0.25, 0.3) is 0 Å². The first-order valence-electron chi connectivity index (χ1n) is 6.83. The quantitative estimate of drug-likeness (QED) is 0.732. The van der Waals surface area contributed by atoms with Gasteiger partial charge < -0.3 is 15.7 Å². The molecule has 0 aliphatic heterocycles. The fraction of sp³-hybridized carbons (Fsp3) is 0.667. The highest BCUT2D eigenvalue weighted by atomic mass is 16.4. The van der Waals surface area contributed by atoms with E-state index in [1.54, 1.807) is 0 Å². The maximum absolute atomic E-state index is 11.7. The van der Waals surface area contributed by atoms with Crippen molar-refractivity contribution in [2.45, 2.75) is 44.7 Å². The number of nitrogens with one attached hydrogen (secondary N) is 2. The molecule has 0 bridgehead atoms. The topological polar surface area (TPSA) is 109 Å². The standard InChI is InChI=1S/C12H19N5O3/c18-11(19)10-8-17(16-15-10)7-6-13-12(20)14-9-4-2-1-3-5-9/h8-9H,1-7H2,(H,18,19)(H2,13,14,20). The van der Waals surface area contributed by atoms with Crippen LogP contribution in [0.5, 0.6) is 0 Å². The molecular formula is C12H19N5O3. The Hall–Kier alpha value is -2.12. The summed E-state index contributed by atoms with van der Waals surface area (Å²) in [5.41, 5.74) is -0.100. The summed E-state index contributed by atoms with van der Waals surface area (Å²) in [6, 6.07) is 0.0872. The zero-order chi connectivity index (χ0) is 14.4. The molecule has 1 heterocycles. The van der Waals surface area contributed by atoms with Gasteiger partial charge in [0.1, 0.15) is 0 Å². The van der Waals surface area contributed by atoms with Crippen LogP contribution in [-0.2, 0) is 6.54 Å². The highest BCUT2D eigenvalue weighted by molar-refractivity contribution is 5.84. The van der Waals surface area contributed by atoms with E-state index < -0.39 is 5.97 Å². The van der Waals surface area contributed by atoms with Gasteiger partial charge in [-0.2, -0.15) is 0 Å². The molecule has 0 atom stereocenters. The third-order valence-corrected chi connectivity index (χ3v) is 3.32. The molecular weight excluding hydrogens is 262 g/mol. The van der Waals surface area contributed by atoms with Gasteiger partial charge in [0.15, 0.2) is 5.69 Å². The molecule has 0 spiro atoms. The lowest BCUT2D eigenvalue weighted by molar-refractivity contribution is 0.0690. The van der Waals surface area contributed by atoms with E-state index in [0.29, 0.717) is 13.1 Å². The normalized spacial score (nSPS) is 15.8. The summed E-state index contributed by atoms with van der Waals surface area (Å²) in [6.07, 6.45) is 7.00. The van der Waals surface area contributed by atoms with Crippen LogP contribution in [0.3, 0.4) is 0 Å². The van der Waals surface area contributed by atoms with E-state index in [-0.39, 0.29) is 17.8 Å². The van der Waals surface area contributed by atoms with E-state index >= 15 is 0 Å². The van der Waals surface area contributed by atoms with Crippen LogP contribution in [0.2, 0.25) is 0 Å². The van der Waals surface area contributed by atoms with Gasteiger partial charge in [0.05, 0.1) is 12.7 Å². The number of aromatic nitrogens is 3. The number of rotatable bonds is 5. The Kier molecular flexibility index (Phi) is 4.91. The highest BCUT2D eigenvalue weighted by Crippen LogP contribution is 2.16. The van der Waals surface area contributed by atoms with Crippen molar-refractivity contribution < 1.29 is 14.7 Å². The minimum Gasteiger partial charge on any atom is -0.476 e. The lowest BCUT2D eigenvalue weighted by atomic mass is 9.96. The van der Waals surface area contributed by atoms with E-state index in [1.807, 2.05) is 0 Å². The number of carbonyl (C=O) groups excluding carboxylic acids is 1. The molecule has 8 nitrogen and oxygen atoms in total. The minimum absolute atomic E-state index is 0.100. The van der Waals surface area contributed by atoms with Crippen molar-refractivity contribution >= 4 is 12.0 Å². The average molecular weight is 281 g/mol. The number of nitrogens with zero attached hydrogens (tertiary/aromatic N) is 3. The van der Waals surface area contributed by atoms with Crippen molar-refractivity contribution in [2.75, 3.05) is 6.54 Å². The van der Waals surface area contributed by atoms with Gasteiger partial charge in [-0.3, -0.25) is 0 Å². The molecule has 1 aromatic heterocycles. The number of carbonyl (C=O) groups is 2. The maximum atomic E-state index is 11.7. The summed E-state index contributed by atoms with van der Waals surface area (Å²) in [4.78, 5) is 22.3. The van der Waals surface area contributed by atoms with E-state index in [1.165, 1.54) is 30.1 Å². The Balaban J connectivity index is 1.66. The Morgan fingerprint density at radius 1 is 1.35 bits per heavy atom. The first-order chi connectivity index (χ1) is 9.65. The van der Waals surface area contributed by atoms with Gasteiger partial charge in [0, 0.05) is 12.6 Å². The Morgan fingerprint density at radius 2 is 2.10 bits per heavy atom. The van der Waals surface area contributed by atoms with Gasteiger partial charge in [0.25, 0.3) is 0 Å². The van der Waals surface area contributed by atoms with Crippen molar-refractivity contribution in [3.8, 4) is 0 Å². The molecule has 20 heavy (non-hydrogen) atoms. The van der Waals surface area contributed by atoms with Crippen LogP contribution in [0.4, 0.5) is 4.79 Å². The molecule has 2 amide bonds. The molecule has 110 valence electrons. The summed E-state index contributed by atoms with van der Waals surface area (Å²) in [6.45, 7) is 0.763. The first kappa shape index (κ1) is 14.3. The van der Waals surface area contributed by atoms with Gasteiger partial charge in [-0.25, -0.2) is 14.3 Å². The predicted octanol–water partition coefficient (Wildman–Crippen LogP) is 0.608. The largest absolute Gasteiger partial charge is 0.476 e. The van der Waals surface area contributed by atoms with Crippen molar-refractivity contribution in [3.63, 3.8) is 0 Å². The van der Waals surface area contributed by atoms with Crippen LogP contribution in [0.1, 0.15) is 42.6 Å². The predicted molar refractivity (Wildman–Crippen MR) is 70.4 cm³/mol. The Bertz CT molecular complexity index is 467. The molecule has 8 heteroatoms. The number of urea groups is 1. The van der Waals surface area contributed by atoms with E-state index in [0.717, 1.165) is 12.8 Å². The monoisotopic (exact) mass is 281 g/mol. The summed E-state index contributed by atoms with van der Waals surface area (Å²) < 4.78 is 1.39. The zero-order valence-corrected chi connectivity index (χ0v) is 11.2. The van der Waals surface area contributed by atoms with Crippen LogP contribution >= 0.6 is 0 Å². The molecule has 0 saturated heterocycles. The van der Waals surface area contributed by atoms with Gasteiger partial charge in [-0.15, -0.1) is 5.10 Å². The van der Waals surface area contributed by atoms with E-state index in [4.69, 9.17) is 5.11 Å². The molecule has 0 radical (unpaired) electrons. The van der Waals surface area contributed by atoms with Crippen molar-refractivity contribution in [3.05, 3.63) is 11.9 Å². The van der Waals surface area contributed by atoms with Crippen molar-refractivity contribution in [1.82, 2.24) is 25.6 Å². The number of carboxylic acids is 1. The second kappa shape index (κ2) is 6.88. The fourth-order valence-corrected chi connectivity index (χ4v) is 2.27. The highest BCUT2D eigenvalue weighted by Gasteiger charge is 2.15. The molecule has 0 aromatic carbocycles. The van der Waals surface area contributed by atoms with Crippen LogP contribution < -0.4 is 10.6 Å². The summed E-state index contributed by atoms with van der Waals surface area (Å²) >= 11 is 0. The van der Waals surface area contributed by atoms with Crippen LogP contribution in [0, 0.1) is 0 Å². The number of hydrogen-bond donors (Lipinski definition) is 3. The zero-order valence-electron chi connectivity index (χ0n) is 11.2. The van der Waals surface area contributed by atoms with E-state index in [2.05, 4.69) is 20.9 Å². The van der Waals surface area contributed by atoms with Gasteiger partial charge >= 0.3 is 12.0 Å². The van der Waals surface area contributed by atoms with Crippen LogP contribution in [0.15, 0.2) is 6.20 Å². The number of amides is 2. The Morgan fingerprint density at radius 3 is 2.75 bits per heavy atom. The summed E-state index contributed by atoms with van der Waals surface area (Å²) in [7, 11) is 0. The average Bonchev–Trinajstić information content (AvgIpc) is 2.89. The number of hydrogen-bond acceptors (Lipinski definition) is 4. The fourth-order valence-electron chi connectivity index (χ4n) is 2.27. The third-order valence-electron chi connectivity index (χ3n) is 3.32.